The molecule has 0 spiro atoms. The number of nitriles is 1. The Balaban J connectivity index is 1.93. The van der Waals surface area contributed by atoms with Crippen LogP contribution in [0.25, 0.3) is 0 Å². The molecule has 1 aliphatic rings. The molecule has 4 heteroatoms. The van der Waals surface area contributed by atoms with Gasteiger partial charge in [0.1, 0.15) is 5.54 Å². The molecule has 0 saturated heterocycles. The summed E-state index contributed by atoms with van der Waals surface area (Å²) >= 11 is 1.80. The average Bonchev–Trinajstić information content (AvgIpc) is 2.82. The molecule has 1 N–H and O–H groups in total. The summed E-state index contributed by atoms with van der Waals surface area (Å²) in [7, 11) is 0. The van der Waals surface area contributed by atoms with E-state index in [0.717, 1.165) is 37.3 Å². The minimum absolute atomic E-state index is 0.303. The first-order valence-electron chi connectivity index (χ1n) is 6.52. The minimum atomic E-state index is -0.303. The van der Waals surface area contributed by atoms with Gasteiger partial charge in [-0.15, -0.1) is 11.8 Å². The van der Waals surface area contributed by atoms with Gasteiger partial charge in [-0.25, -0.2) is 4.98 Å². The highest BCUT2D eigenvalue weighted by Crippen LogP contribution is 2.39. The molecular formula is C14H19N3S. The van der Waals surface area contributed by atoms with E-state index in [0.29, 0.717) is 5.25 Å². The number of nitrogens with zero attached hydrogens (tertiary/aromatic N) is 2. The van der Waals surface area contributed by atoms with Crippen molar-refractivity contribution in [1.82, 2.24) is 10.3 Å². The van der Waals surface area contributed by atoms with Crippen molar-refractivity contribution in [1.29, 1.82) is 5.26 Å². The van der Waals surface area contributed by atoms with Gasteiger partial charge < -0.3 is 0 Å². The maximum absolute atomic E-state index is 9.39. The Morgan fingerprint density at radius 2 is 2.50 bits per heavy atom. The van der Waals surface area contributed by atoms with E-state index in [1.807, 2.05) is 24.4 Å². The minimum Gasteiger partial charge on any atom is -0.299 e. The van der Waals surface area contributed by atoms with Crippen LogP contribution in [0.15, 0.2) is 29.4 Å². The highest BCUT2D eigenvalue weighted by molar-refractivity contribution is 7.99. The predicted octanol–water partition coefficient (Wildman–Crippen LogP) is 2.99. The number of hydrogen-bond donors (Lipinski definition) is 1. The second kappa shape index (κ2) is 6.21. The smallest absolute Gasteiger partial charge is 0.107 e. The highest BCUT2D eigenvalue weighted by atomic mass is 32.2. The molecule has 18 heavy (non-hydrogen) atoms. The van der Waals surface area contributed by atoms with E-state index in [4.69, 9.17) is 0 Å². The van der Waals surface area contributed by atoms with E-state index >= 15 is 0 Å². The van der Waals surface area contributed by atoms with Crippen LogP contribution in [0.5, 0.6) is 0 Å². The van der Waals surface area contributed by atoms with Crippen molar-refractivity contribution in [2.24, 2.45) is 0 Å². The second-order valence-electron chi connectivity index (χ2n) is 4.77. The first kappa shape index (κ1) is 13.4. The zero-order valence-electron chi connectivity index (χ0n) is 10.7. The van der Waals surface area contributed by atoms with Crippen molar-refractivity contribution in [3.8, 4) is 6.07 Å². The molecule has 2 unspecified atom stereocenters. The average molecular weight is 261 g/mol. The Hall–Kier alpha value is -1.05. The molecule has 0 amide bonds. The lowest BCUT2D eigenvalue weighted by Gasteiger charge is -2.22. The molecule has 1 heterocycles. The summed E-state index contributed by atoms with van der Waals surface area (Å²) < 4.78 is 0. The van der Waals surface area contributed by atoms with Crippen LogP contribution in [-0.4, -0.2) is 22.3 Å². The van der Waals surface area contributed by atoms with E-state index in [2.05, 4.69) is 23.3 Å². The lowest BCUT2D eigenvalue weighted by Crippen LogP contribution is -2.42. The Morgan fingerprint density at radius 1 is 1.61 bits per heavy atom. The summed E-state index contributed by atoms with van der Waals surface area (Å²) in [5.41, 5.74) is -0.303. The Bertz CT molecular complexity index is 415. The fourth-order valence-corrected chi connectivity index (χ4v) is 3.58. The summed E-state index contributed by atoms with van der Waals surface area (Å²) in [5, 5.41) is 14.4. The molecular weight excluding hydrogens is 242 g/mol. The molecule has 1 saturated carbocycles. The van der Waals surface area contributed by atoms with E-state index < -0.39 is 0 Å². The summed E-state index contributed by atoms with van der Waals surface area (Å²) in [6.07, 6.45) is 5.86. The van der Waals surface area contributed by atoms with Gasteiger partial charge in [-0.3, -0.25) is 5.32 Å². The van der Waals surface area contributed by atoms with E-state index in [9.17, 15) is 5.26 Å². The summed E-state index contributed by atoms with van der Waals surface area (Å²) in [6, 6.07) is 8.46. The standard InChI is InChI=1S/C14H19N3S/c1-2-8-17-14(11-15)7-6-12(10-14)18-13-5-3-4-9-16-13/h3-5,9,12,17H,2,6-8,10H2,1H3. The summed E-state index contributed by atoms with van der Waals surface area (Å²) in [5.74, 6) is 0. The molecule has 2 rings (SSSR count). The Kier molecular flexibility index (Phi) is 4.62. The monoisotopic (exact) mass is 261 g/mol. The Morgan fingerprint density at radius 3 is 3.17 bits per heavy atom. The fraction of sp³-hybridized carbons (Fsp3) is 0.571. The van der Waals surface area contributed by atoms with Crippen LogP contribution in [0.1, 0.15) is 32.6 Å². The van der Waals surface area contributed by atoms with Gasteiger partial charge in [0, 0.05) is 11.4 Å². The summed E-state index contributed by atoms with van der Waals surface area (Å²) in [6.45, 7) is 3.06. The van der Waals surface area contributed by atoms with Crippen LogP contribution < -0.4 is 5.32 Å². The maximum Gasteiger partial charge on any atom is 0.107 e. The third-order valence-corrected chi connectivity index (χ3v) is 4.54. The number of thioether (sulfide) groups is 1. The van der Waals surface area contributed by atoms with Crippen molar-refractivity contribution in [2.75, 3.05) is 6.54 Å². The van der Waals surface area contributed by atoms with Crippen LogP contribution in [-0.2, 0) is 0 Å². The molecule has 1 aliphatic carbocycles. The second-order valence-corrected chi connectivity index (χ2v) is 6.09. The highest BCUT2D eigenvalue weighted by Gasteiger charge is 2.39. The number of aromatic nitrogens is 1. The Labute approximate surface area is 113 Å². The van der Waals surface area contributed by atoms with Gasteiger partial charge >= 0.3 is 0 Å². The third kappa shape index (κ3) is 3.24. The van der Waals surface area contributed by atoms with Gasteiger partial charge in [-0.1, -0.05) is 13.0 Å². The molecule has 3 nitrogen and oxygen atoms in total. The molecule has 96 valence electrons. The third-order valence-electron chi connectivity index (χ3n) is 3.32. The fourth-order valence-electron chi connectivity index (χ4n) is 2.35. The molecule has 0 radical (unpaired) electrons. The van der Waals surface area contributed by atoms with Crippen molar-refractivity contribution >= 4 is 11.8 Å². The molecule has 1 fully saturated rings. The van der Waals surface area contributed by atoms with E-state index in [-0.39, 0.29) is 5.54 Å². The number of rotatable bonds is 5. The van der Waals surface area contributed by atoms with E-state index in [1.165, 1.54) is 0 Å². The molecule has 0 aliphatic heterocycles. The van der Waals surface area contributed by atoms with Crippen molar-refractivity contribution in [2.45, 2.75) is 48.4 Å². The lowest BCUT2D eigenvalue weighted by atomic mass is 10.00. The zero-order chi connectivity index (χ0) is 12.8. The van der Waals surface area contributed by atoms with E-state index in [1.54, 1.807) is 11.8 Å². The first-order valence-corrected chi connectivity index (χ1v) is 7.40. The van der Waals surface area contributed by atoms with Gasteiger partial charge in [-0.05, 0) is 44.4 Å². The van der Waals surface area contributed by atoms with Gasteiger partial charge in [-0.2, -0.15) is 5.26 Å². The maximum atomic E-state index is 9.39. The van der Waals surface area contributed by atoms with Crippen LogP contribution in [0.3, 0.4) is 0 Å². The van der Waals surface area contributed by atoms with Crippen molar-refractivity contribution < 1.29 is 0 Å². The topological polar surface area (TPSA) is 48.7 Å². The number of nitrogens with one attached hydrogen (secondary N) is 1. The number of pyridine rings is 1. The zero-order valence-corrected chi connectivity index (χ0v) is 11.5. The van der Waals surface area contributed by atoms with Crippen LogP contribution >= 0.6 is 11.8 Å². The molecule has 1 aromatic heterocycles. The van der Waals surface area contributed by atoms with Gasteiger partial charge in [0.2, 0.25) is 0 Å². The van der Waals surface area contributed by atoms with Crippen LogP contribution in [0.2, 0.25) is 0 Å². The quantitative estimate of drug-likeness (QED) is 0.885. The van der Waals surface area contributed by atoms with Crippen LogP contribution in [0, 0.1) is 11.3 Å². The normalized spacial score (nSPS) is 27.0. The summed E-state index contributed by atoms with van der Waals surface area (Å²) in [4.78, 5) is 4.34. The SMILES string of the molecule is CCCNC1(C#N)CCC(Sc2ccccn2)C1. The number of hydrogen-bond acceptors (Lipinski definition) is 4. The molecule has 0 bridgehead atoms. The molecule has 2 atom stereocenters. The predicted molar refractivity (Wildman–Crippen MR) is 74.4 cm³/mol. The van der Waals surface area contributed by atoms with Gasteiger partial charge in [0.05, 0.1) is 11.1 Å². The molecule has 1 aromatic rings. The van der Waals surface area contributed by atoms with Crippen molar-refractivity contribution in [3.63, 3.8) is 0 Å². The lowest BCUT2D eigenvalue weighted by molar-refractivity contribution is 0.424. The largest absolute Gasteiger partial charge is 0.299 e. The molecule has 0 aromatic carbocycles. The van der Waals surface area contributed by atoms with Gasteiger partial charge in [0.25, 0.3) is 0 Å². The first-order chi connectivity index (χ1) is 8.78. The van der Waals surface area contributed by atoms with Gasteiger partial charge in [0.15, 0.2) is 0 Å². The van der Waals surface area contributed by atoms with Crippen molar-refractivity contribution in [3.05, 3.63) is 24.4 Å². The van der Waals surface area contributed by atoms with Crippen LogP contribution in [0.4, 0.5) is 0 Å².